The molecule has 1 aromatic rings. The summed E-state index contributed by atoms with van der Waals surface area (Å²) in [5.74, 6) is -2.24. The van der Waals surface area contributed by atoms with Gasteiger partial charge < -0.3 is 4.74 Å². The number of halogens is 7. The first kappa shape index (κ1) is 15.5. The molecule has 0 aromatic carbocycles. The van der Waals surface area contributed by atoms with E-state index in [4.69, 9.17) is 11.6 Å². The SMILES string of the molecule is O=Cc1cnc(C(F)(F)F)c(CCl)c1OC(F)(F)F. The van der Waals surface area contributed by atoms with Crippen molar-refractivity contribution >= 4 is 17.9 Å². The van der Waals surface area contributed by atoms with Crippen molar-refractivity contribution in [3.63, 3.8) is 0 Å². The van der Waals surface area contributed by atoms with Gasteiger partial charge in [0.05, 0.1) is 11.4 Å². The number of carbonyl (C=O) groups is 1. The van der Waals surface area contributed by atoms with Crippen LogP contribution in [-0.4, -0.2) is 17.6 Å². The summed E-state index contributed by atoms with van der Waals surface area (Å²) in [6.07, 6.45) is -10.0. The number of ether oxygens (including phenoxy) is 1. The molecule has 0 radical (unpaired) electrons. The minimum atomic E-state index is -5.26. The van der Waals surface area contributed by atoms with Crippen molar-refractivity contribution < 1.29 is 35.9 Å². The average Bonchev–Trinajstić information content (AvgIpc) is 2.25. The summed E-state index contributed by atoms with van der Waals surface area (Å²) in [4.78, 5) is 13.4. The highest BCUT2D eigenvalue weighted by Crippen LogP contribution is 2.38. The number of rotatable bonds is 3. The van der Waals surface area contributed by atoms with Crippen LogP contribution < -0.4 is 4.74 Å². The Kier molecular flexibility index (Phi) is 4.28. The molecule has 0 aliphatic heterocycles. The molecule has 0 aliphatic rings. The first-order valence-electron chi connectivity index (χ1n) is 4.46. The average molecular weight is 308 g/mol. The van der Waals surface area contributed by atoms with Crippen LogP contribution in [0.4, 0.5) is 26.3 Å². The molecule has 0 atom stereocenters. The van der Waals surface area contributed by atoms with Crippen molar-refractivity contribution in [3.8, 4) is 5.75 Å². The molecule has 0 saturated heterocycles. The van der Waals surface area contributed by atoms with Gasteiger partial charge in [-0.1, -0.05) is 0 Å². The fraction of sp³-hybridized carbons (Fsp3) is 0.333. The summed E-state index contributed by atoms with van der Waals surface area (Å²) in [7, 11) is 0. The van der Waals surface area contributed by atoms with Crippen LogP contribution in [0.2, 0.25) is 0 Å². The first-order valence-corrected chi connectivity index (χ1v) is 4.99. The van der Waals surface area contributed by atoms with E-state index in [1.807, 2.05) is 0 Å². The maximum atomic E-state index is 12.5. The van der Waals surface area contributed by atoms with Gasteiger partial charge in [-0.2, -0.15) is 13.2 Å². The second-order valence-electron chi connectivity index (χ2n) is 3.17. The summed E-state index contributed by atoms with van der Waals surface area (Å²) in [6.45, 7) is 0. The number of pyridine rings is 1. The molecule has 0 fully saturated rings. The molecule has 0 saturated carbocycles. The third-order valence-electron chi connectivity index (χ3n) is 1.90. The molecule has 0 unspecified atom stereocenters. The molecular formula is C9H4ClF6NO2. The number of nitrogens with zero attached hydrogens (tertiary/aromatic N) is 1. The maximum Gasteiger partial charge on any atom is 0.573 e. The van der Waals surface area contributed by atoms with Gasteiger partial charge in [0.2, 0.25) is 0 Å². The number of hydrogen-bond acceptors (Lipinski definition) is 3. The van der Waals surface area contributed by atoms with Gasteiger partial charge >= 0.3 is 12.5 Å². The molecule has 10 heteroatoms. The van der Waals surface area contributed by atoms with Crippen molar-refractivity contribution in [1.29, 1.82) is 0 Å². The third kappa shape index (κ3) is 3.72. The smallest absolute Gasteiger partial charge is 0.405 e. The molecule has 1 heterocycles. The van der Waals surface area contributed by atoms with E-state index in [2.05, 4.69) is 9.72 Å². The van der Waals surface area contributed by atoms with Gasteiger partial charge in [-0.15, -0.1) is 24.8 Å². The Balaban J connectivity index is 3.51. The van der Waals surface area contributed by atoms with Gasteiger partial charge in [0.25, 0.3) is 0 Å². The Morgan fingerprint density at radius 3 is 2.21 bits per heavy atom. The first-order chi connectivity index (χ1) is 8.60. The van der Waals surface area contributed by atoms with E-state index in [-0.39, 0.29) is 6.29 Å². The Labute approximate surface area is 107 Å². The van der Waals surface area contributed by atoms with Crippen molar-refractivity contribution in [1.82, 2.24) is 4.98 Å². The van der Waals surface area contributed by atoms with Gasteiger partial charge in [-0.05, 0) is 0 Å². The van der Waals surface area contributed by atoms with E-state index < -0.39 is 41.0 Å². The lowest BCUT2D eigenvalue weighted by atomic mass is 10.1. The van der Waals surface area contributed by atoms with Crippen molar-refractivity contribution in [2.45, 2.75) is 18.4 Å². The highest BCUT2D eigenvalue weighted by Gasteiger charge is 2.40. The molecule has 0 bridgehead atoms. The van der Waals surface area contributed by atoms with E-state index in [9.17, 15) is 31.1 Å². The molecule has 19 heavy (non-hydrogen) atoms. The van der Waals surface area contributed by atoms with E-state index in [0.717, 1.165) is 0 Å². The lowest BCUT2D eigenvalue weighted by Crippen LogP contribution is -2.21. The summed E-state index contributed by atoms with van der Waals surface area (Å²) >= 11 is 5.20. The van der Waals surface area contributed by atoms with Crippen molar-refractivity contribution in [2.75, 3.05) is 0 Å². The van der Waals surface area contributed by atoms with Crippen LogP contribution in [0.15, 0.2) is 6.20 Å². The van der Waals surface area contributed by atoms with Crippen molar-refractivity contribution in [3.05, 3.63) is 23.0 Å². The summed E-state index contributed by atoms with van der Waals surface area (Å²) in [5.41, 5.74) is -3.45. The Hall–Kier alpha value is -1.51. The summed E-state index contributed by atoms with van der Waals surface area (Å²) < 4.78 is 77.4. The molecule has 106 valence electrons. The molecular weight excluding hydrogens is 304 g/mol. The van der Waals surface area contributed by atoms with Crippen LogP contribution in [0.1, 0.15) is 21.6 Å². The topological polar surface area (TPSA) is 39.2 Å². The fourth-order valence-corrected chi connectivity index (χ4v) is 1.49. The fourth-order valence-electron chi connectivity index (χ4n) is 1.24. The zero-order valence-electron chi connectivity index (χ0n) is 8.77. The van der Waals surface area contributed by atoms with Crippen molar-refractivity contribution in [2.24, 2.45) is 0 Å². The number of aldehydes is 1. The van der Waals surface area contributed by atoms with Gasteiger partial charge in [-0.25, -0.2) is 0 Å². The Morgan fingerprint density at radius 2 is 1.84 bits per heavy atom. The van der Waals surface area contributed by atoms with Gasteiger partial charge in [0.15, 0.2) is 12.0 Å². The third-order valence-corrected chi connectivity index (χ3v) is 2.17. The predicted octanol–water partition coefficient (Wildman–Crippen LogP) is 3.55. The lowest BCUT2D eigenvalue weighted by Gasteiger charge is -2.17. The molecule has 3 nitrogen and oxygen atoms in total. The predicted molar refractivity (Wildman–Crippen MR) is 50.9 cm³/mol. The maximum absolute atomic E-state index is 12.5. The van der Waals surface area contributed by atoms with E-state index >= 15 is 0 Å². The minimum absolute atomic E-state index is 0.107. The number of hydrogen-bond donors (Lipinski definition) is 0. The summed E-state index contributed by atoms with van der Waals surface area (Å²) in [5, 5.41) is 0. The second kappa shape index (κ2) is 5.24. The van der Waals surface area contributed by atoms with E-state index in [1.165, 1.54) is 0 Å². The Bertz CT molecular complexity index is 485. The second-order valence-corrected chi connectivity index (χ2v) is 3.43. The van der Waals surface area contributed by atoms with Crippen LogP contribution >= 0.6 is 11.6 Å². The largest absolute Gasteiger partial charge is 0.573 e. The summed E-state index contributed by atoms with van der Waals surface area (Å²) in [6, 6.07) is 0. The Morgan fingerprint density at radius 1 is 1.26 bits per heavy atom. The van der Waals surface area contributed by atoms with Crippen LogP contribution in [0.3, 0.4) is 0 Å². The van der Waals surface area contributed by atoms with Crippen LogP contribution in [0.5, 0.6) is 5.75 Å². The quantitative estimate of drug-likeness (QED) is 0.487. The highest BCUT2D eigenvalue weighted by atomic mass is 35.5. The normalized spacial score (nSPS) is 12.4. The molecule has 1 aromatic heterocycles. The highest BCUT2D eigenvalue weighted by molar-refractivity contribution is 6.17. The van der Waals surface area contributed by atoms with E-state index in [1.54, 1.807) is 0 Å². The zero-order valence-corrected chi connectivity index (χ0v) is 9.53. The van der Waals surface area contributed by atoms with Crippen LogP contribution in [0.25, 0.3) is 0 Å². The minimum Gasteiger partial charge on any atom is -0.405 e. The number of carbonyl (C=O) groups excluding carboxylic acids is 1. The van der Waals surface area contributed by atoms with E-state index in [0.29, 0.717) is 6.20 Å². The van der Waals surface area contributed by atoms with Crippen LogP contribution in [0, 0.1) is 0 Å². The molecule has 0 amide bonds. The van der Waals surface area contributed by atoms with Gasteiger partial charge in [0.1, 0.15) is 5.75 Å². The van der Waals surface area contributed by atoms with Gasteiger partial charge in [0, 0.05) is 11.8 Å². The molecule has 1 rings (SSSR count). The lowest BCUT2D eigenvalue weighted by molar-refractivity contribution is -0.275. The molecule has 0 aliphatic carbocycles. The van der Waals surface area contributed by atoms with Crippen LogP contribution in [-0.2, 0) is 12.1 Å². The zero-order chi connectivity index (χ0) is 14.8. The number of aromatic nitrogens is 1. The molecule has 0 N–H and O–H groups in total. The monoisotopic (exact) mass is 307 g/mol. The van der Waals surface area contributed by atoms with Gasteiger partial charge in [-0.3, -0.25) is 9.78 Å². The molecule has 0 spiro atoms. The standard InChI is InChI=1S/C9H4ClF6NO2/c10-1-5-6(19-9(14,15)16)4(3-18)2-17-7(5)8(11,12)13/h2-3H,1H2. The number of alkyl halides is 7.